The lowest BCUT2D eigenvalue weighted by Gasteiger charge is -2.04. The van der Waals surface area contributed by atoms with Gasteiger partial charge in [-0.3, -0.25) is 4.79 Å². The molecule has 2 aromatic rings. The zero-order valence-corrected chi connectivity index (χ0v) is 8.64. The number of nitrogen functional groups attached to an aromatic ring is 1. The molecule has 0 unspecified atom stereocenters. The second-order valence-corrected chi connectivity index (χ2v) is 3.33. The van der Waals surface area contributed by atoms with Crippen molar-refractivity contribution >= 4 is 11.6 Å². The Balaban J connectivity index is 1.97. The van der Waals surface area contributed by atoms with Crippen LogP contribution in [0, 0.1) is 0 Å². The maximum atomic E-state index is 11.7. The van der Waals surface area contributed by atoms with E-state index in [2.05, 4.69) is 4.98 Å². The molecule has 3 N–H and O–H groups in total. The van der Waals surface area contributed by atoms with Crippen LogP contribution in [0.1, 0.15) is 10.4 Å². The highest BCUT2D eigenvalue weighted by Gasteiger charge is 2.10. The van der Waals surface area contributed by atoms with Crippen molar-refractivity contribution in [3.8, 4) is 5.75 Å². The lowest BCUT2D eigenvalue weighted by Crippen LogP contribution is -2.12. The Labute approximate surface area is 93.0 Å². The fourth-order valence-electron chi connectivity index (χ4n) is 1.37. The van der Waals surface area contributed by atoms with E-state index < -0.39 is 0 Å². The highest BCUT2D eigenvalue weighted by molar-refractivity contribution is 6.01. The molecule has 2 rings (SSSR count). The molecule has 0 spiro atoms. The van der Waals surface area contributed by atoms with Crippen LogP contribution in [0.2, 0.25) is 0 Å². The van der Waals surface area contributed by atoms with E-state index in [1.807, 2.05) is 18.2 Å². The van der Waals surface area contributed by atoms with Crippen LogP contribution in [0.4, 0.5) is 5.82 Å². The summed E-state index contributed by atoms with van der Waals surface area (Å²) in [4.78, 5) is 14.4. The largest absolute Gasteiger partial charge is 0.485 e. The first kappa shape index (κ1) is 10.3. The van der Waals surface area contributed by atoms with Crippen LogP contribution in [0.5, 0.6) is 5.75 Å². The van der Waals surface area contributed by atoms with Crippen LogP contribution >= 0.6 is 0 Å². The van der Waals surface area contributed by atoms with Crippen molar-refractivity contribution in [3.05, 3.63) is 48.2 Å². The number of anilines is 1. The Morgan fingerprint density at radius 3 is 2.62 bits per heavy atom. The second-order valence-electron chi connectivity index (χ2n) is 3.33. The molecular formula is C12H12N2O2. The summed E-state index contributed by atoms with van der Waals surface area (Å²) in [6, 6.07) is 10.8. The van der Waals surface area contributed by atoms with Crippen molar-refractivity contribution in [2.24, 2.45) is 0 Å². The second kappa shape index (κ2) is 4.53. The van der Waals surface area contributed by atoms with Crippen LogP contribution in [0.25, 0.3) is 0 Å². The minimum absolute atomic E-state index is 0.00787. The van der Waals surface area contributed by atoms with Gasteiger partial charge < -0.3 is 15.5 Å². The van der Waals surface area contributed by atoms with Gasteiger partial charge in [0.1, 0.15) is 11.6 Å². The molecule has 0 bridgehead atoms. The fraction of sp³-hybridized carbons (Fsp3) is 0.0833. The number of para-hydroxylation sites is 1. The molecule has 4 nitrogen and oxygen atoms in total. The molecule has 82 valence electrons. The van der Waals surface area contributed by atoms with Gasteiger partial charge in [0.2, 0.25) is 5.78 Å². The highest BCUT2D eigenvalue weighted by atomic mass is 16.5. The van der Waals surface area contributed by atoms with Crippen molar-refractivity contribution in [1.82, 2.24) is 4.98 Å². The van der Waals surface area contributed by atoms with Gasteiger partial charge >= 0.3 is 0 Å². The Hall–Kier alpha value is -2.23. The van der Waals surface area contributed by atoms with Crippen LogP contribution < -0.4 is 10.5 Å². The minimum atomic E-state index is -0.136. The summed E-state index contributed by atoms with van der Waals surface area (Å²) in [5, 5.41) is 0. The number of ketones is 1. The smallest absolute Gasteiger partial charge is 0.203 e. The number of nitrogens with one attached hydrogen (secondary N) is 1. The van der Waals surface area contributed by atoms with Gasteiger partial charge in [0.25, 0.3) is 0 Å². The number of nitrogens with two attached hydrogens (primary N) is 1. The molecule has 0 radical (unpaired) electrons. The van der Waals surface area contributed by atoms with Gasteiger partial charge in [-0.05, 0) is 18.2 Å². The minimum Gasteiger partial charge on any atom is -0.485 e. The Kier molecular flexibility index (Phi) is 2.91. The predicted molar refractivity (Wildman–Crippen MR) is 61.5 cm³/mol. The van der Waals surface area contributed by atoms with Crippen LogP contribution in [-0.2, 0) is 0 Å². The molecule has 4 heteroatoms. The van der Waals surface area contributed by atoms with Crippen molar-refractivity contribution in [2.45, 2.75) is 0 Å². The summed E-state index contributed by atoms with van der Waals surface area (Å²) in [6.07, 6.45) is 1.63. The molecule has 16 heavy (non-hydrogen) atoms. The Morgan fingerprint density at radius 1 is 1.25 bits per heavy atom. The van der Waals surface area contributed by atoms with Crippen LogP contribution in [0.3, 0.4) is 0 Å². The fourth-order valence-corrected chi connectivity index (χ4v) is 1.37. The number of aromatic amines is 1. The third-order valence-electron chi connectivity index (χ3n) is 2.19. The third-order valence-corrected chi connectivity index (χ3v) is 2.19. The van der Waals surface area contributed by atoms with Crippen molar-refractivity contribution in [2.75, 3.05) is 12.3 Å². The summed E-state index contributed by atoms with van der Waals surface area (Å²) in [5.41, 5.74) is 6.05. The first-order chi connectivity index (χ1) is 7.77. The zero-order valence-electron chi connectivity index (χ0n) is 8.64. The maximum Gasteiger partial charge on any atom is 0.203 e. The summed E-state index contributed by atoms with van der Waals surface area (Å²) < 4.78 is 5.33. The van der Waals surface area contributed by atoms with Gasteiger partial charge in [-0.1, -0.05) is 18.2 Å². The molecule has 1 aromatic heterocycles. The average Bonchev–Trinajstić information content (AvgIpc) is 2.74. The molecule has 0 amide bonds. The molecule has 0 fully saturated rings. The first-order valence-corrected chi connectivity index (χ1v) is 4.91. The van der Waals surface area contributed by atoms with Crippen LogP contribution in [0.15, 0.2) is 42.6 Å². The normalized spacial score (nSPS) is 10.0. The molecule has 1 aromatic carbocycles. The monoisotopic (exact) mass is 216 g/mol. The number of Topliss-reactive ketones (excluding diaryl/α,β-unsaturated/α-hetero) is 1. The average molecular weight is 216 g/mol. The molecule has 0 aliphatic carbocycles. The molecule has 1 heterocycles. The molecule has 0 atom stereocenters. The predicted octanol–water partition coefficient (Wildman–Crippen LogP) is 1.86. The van der Waals surface area contributed by atoms with E-state index in [1.165, 1.54) is 0 Å². The van der Waals surface area contributed by atoms with E-state index in [0.29, 0.717) is 17.1 Å². The highest BCUT2D eigenvalue weighted by Crippen LogP contribution is 2.12. The molecule has 0 aliphatic heterocycles. The van der Waals surface area contributed by atoms with E-state index in [1.54, 1.807) is 24.4 Å². The van der Waals surface area contributed by atoms with E-state index in [9.17, 15) is 4.79 Å². The van der Waals surface area contributed by atoms with Crippen molar-refractivity contribution < 1.29 is 9.53 Å². The summed E-state index contributed by atoms with van der Waals surface area (Å²) >= 11 is 0. The number of hydrogen-bond acceptors (Lipinski definition) is 3. The number of carbonyl (C=O) groups is 1. The summed E-state index contributed by atoms with van der Waals surface area (Å²) in [6.45, 7) is -0.00787. The van der Waals surface area contributed by atoms with Gasteiger partial charge in [0, 0.05) is 6.20 Å². The van der Waals surface area contributed by atoms with Crippen LogP contribution in [-0.4, -0.2) is 17.4 Å². The number of benzene rings is 1. The lowest BCUT2D eigenvalue weighted by molar-refractivity contribution is 0.0922. The third kappa shape index (κ3) is 2.23. The van der Waals surface area contributed by atoms with Gasteiger partial charge in [-0.25, -0.2) is 0 Å². The molecule has 0 saturated heterocycles. The van der Waals surface area contributed by atoms with Gasteiger partial charge in [-0.15, -0.1) is 0 Å². The number of hydrogen-bond donors (Lipinski definition) is 2. The SMILES string of the molecule is Nc1[nH]ccc1C(=O)COc1ccccc1. The molecular weight excluding hydrogens is 204 g/mol. The number of ether oxygens (including phenoxy) is 1. The van der Waals surface area contributed by atoms with Crippen molar-refractivity contribution in [3.63, 3.8) is 0 Å². The Bertz CT molecular complexity index is 477. The first-order valence-electron chi connectivity index (χ1n) is 4.91. The number of carbonyl (C=O) groups excluding carboxylic acids is 1. The number of rotatable bonds is 4. The summed E-state index contributed by atoms with van der Waals surface area (Å²) in [7, 11) is 0. The molecule has 0 saturated carbocycles. The van der Waals surface area contributed by atoms with Crippen molar-refractivity contribution in [1.29, 1.82) is 0 Å². The topological polar surface area (TPSA) is 68.1 Å². The quantitative estimate of drug-likeness (QED) is 0.766. The number of H-pyrrole nitrogens is 1. The standard InChI is InChI=1S/C12H12N2O2/c13-12-10(6-7-14-12)11(15)8-16-9-4-2-1-3-5-9/h1-7,14H,8,13H2. The van der Waals surface area contributed by atoms with E-state index >= 15 is 0 Å². The lowest BCUT2D eigenvalue weighted by atomic mass is 10.2. The van der Waals surface area contributed by atoms with Gasteiger partial charge in [-0.2, -0.15) is 0 Å². The maximum absolute atomic E-state index is 11.7. The van der Waals surface area contributed by atoms with Gasteiger partial charge in [0.05, 0.1) is 5.56 Å². The van der Waals surface area contributed by atoms with E-state index in [-0.39, 0.29) is 12.4 Å². The summed E-state index contributed by atoms with van der Waals surface area (Å²) in [5.74, 6) is 0.911. The van der Waals surface area contributed by atoms with Gasteiger partial charge in [0.15, 0.2) is 6.61 Å². The van der Waals surface area contributed by atoms with E-state index in [0.717, 1.165) is 0 Å². The Morgan fingerprint density at radius 2 is 2.00 bits per heavy atom. The zero-order chi connectivity index (χ0) is 11.4. The number of aromatic nitrogens is 1. The van der Waals surface area contributed by atoms with E-state index in [4.69, 9.17) is 10.5 Å². The molecule has 0 aliphatic rings.